The number of anilines is 2. The van der Waals surface area contributed by atoms with Crippen LogP contribution in [0, 0.1) is 0 Å². The van der Waals surface area contributed by atoms with Gasteiger partial charge in [0.25, 0.3) is 0 Å². The molecule has 1 atom stereocenters. The molecule has 2 aromatic carbocycles. The van der Waals surface area contributed by atoms with Crippen LogP contribution in [0.1, 0.15) is 31.1 Å². The molecule has 0 aromatic heterocycles. The smallest absolute Gasteiger partial charge is 0.126 e. The fourth-order valence-electron chi connectivity index (χ4n) is 2.52. The molecule has 2 aromatic rings. The molecule has 0 aliphatic heterocycles. The molecule has 0 aliphatic rings. The molecule has 3 heteroatoms. The van der Waals surface area contributed by atoms with E-state index in [1.165, 1.54) is 5.56 Å². The van der Waals surface area contributed by atoms with E-state index in [0.29, 0.717) is 5.75 Å². The lowest BCUT2D eigenvalue weighted by atomic mass is 10.0. The minimum Gasteiger partial charge on any atom is -0.496 e. The molecule has 0 heterocycles. The number of nitrogens with zero attached hydrogens (tertiary/aromatic N) is 1. The number of aliphatic hydroxyl groups is 1. The fourth-order valence-corrected chi connectivity index (χ4v) is 2.52. The minimum atomic E-state index is -0.589. The van der Waals surface area contributed by atoms with Gasteiger partial charge in [0.15, 0.2) is 0 Å². The van der Waals surface area contributed by atoms with E-state index in [1.807, 2.05) is 25.2 Å². The molecule has 0 saturated heterocycles. The van der Waals surface area contributed by atoms with Gasteiger partial charge in [-0.3, -0.25) is 0 Å². The Kier molecular flexibility index (Phi) is 4.86. The standard InChI is InChI=1S/C18H23NO2/c1-5-14-9-11-15(12-10-14)19(3)16-7-6-8-17(21-4)18(16)13(2)20/h6-13,20H,5H2,1-4H3/t13-/m0/s1. The lowest BCUT2D eigenvalue weighted by Crippen LogP contribution is -2.13. The average Bonchev–Trinajstić information content (AvgIpc) is 2.53. The molecule has 112 valence electrons. The first kappa shape index (κ1) is 15.4. The summed E-state index contributed by atoms with van der Waals surface area (Å²) in [5.74, 6) is 0.708. The van der Waals surface area contributed by atoms with Crippen LogP contribution in [0.4, 0.5) is 11.4 Å². The van der Waals surface area contributed by atoms with Crippen molar-refractivity contribution < 1.29 is 9.84 Å². The van der Waals surface area contributed by atoms with E-state index in [1.54, 1.807) is 14.0 Å². The molecular weight excluding hydrogens is 262 g/mol. The maximum absolute atomic E-state index is 10.1. The van der Waals surface area contributed by atoms with E-state index in [-0.39, 0.29) is 0 Å². The summed E-state index contributed by atoms with van der Waals surface area (Å²) in [7, 11) is 3.63. The lowest BCUT2D eigenvalue weighted by molar-refractivity contribution is 0.195. The minimum absolute atomic E-state index is 0.589. The molecule has 0 saturated carbocycles. The van der Waals surface area contributed by atoms with Gasteiger partial charge in [0.2, 0.25) is 0 Å². The Hall–Kier alpha value is -2.00. The highest BCUT2D eigenvalue weighted by atomic mass is 16.5. The average molecular weight is 285 g/mol. The topological polar surface area (TPSA) is 32.7 Å². The molecule has 0 aliphatic carbocycles. The number of aliphatic hydroxyl groups excluding tert-OH is 1. The lowest BCUT2D eigenvalue weighted by Gasteiger charge is -2.25. The molecule has 0 spiro atoms. The quantitative estimate of drug-likeness (QED) is 0.898. The molecule has 0 bridgehead atoms. The number of aryl methyl sites for hydroxylation is 1. The Morgan fingerprint density at radius 3 is 2.33 bits per heavy atom. The fraction of sp³-hybridized carbons (Fsp3) is 0.333. The number of ether oxygens (including phenoxy) is 1. The van der Waals surface area contributed by atoms with E-state index in [0.717, 1.165) is 23.4 Å². The van der Waals surface area contributed by atoms with Crippen LogP contribution in [-0.4, -0.2) is 19.3 Å². The molecule has 1 N–H and O–H groups in total. The van der Waals surface area contributed by atoms with Crippen LogP contribution in [0.25, 0.3) is 0 Å². The normalized spacial score (nSPS) is 12.0. The number of methoxy groups -OCH3 is 1. The highest BCUT2D eigenvalue weighted by molar-refractivity contribution is 5.69. The third kappa shape index (κ3) is 3.19. The van der Waals surface area contributed by atoms with Crippen LogP contribution in [-0.2, 0) is 6.42 Å². The third-order valence-electron chi connectivity index (χ3n) is 3.77. The second-order valence-electron chi connectivity index (χ2n) is 5.15. The zero-order chi connectivity index (χ0) is 15.4. The van der Waals surface area contributed by atoms with E-state index >= 15 is 0 Å². The highest BCUT2D eigenvalue weighted by Gasteiger charge is 2.17. The van der Waals surface area contributed by atoms with Gasteiger partial charge in [-0.2, -0.15) is 0 Å². The second-order valence-corrected chi connectivity index (χ2v) is 5.15. The van der Waals surface area contributed by atoms with Gasteiger partial charge in [-0.15, -0.1) is 0 Å². The Morgan fingerprint density at radius 2 is 1.81 bits per heavy atom. The van der Waals surface area contributed by atoms with Crippen LogP contribution < -0.4 is 9.64 Å². The summed E-state index contributed by atoms with van der Waals surface area (Å²) < 4.78 is 5.38. The van der Waals surface area contributed by atoms with Crippen LogP contribution in [0.5, 0.6) is 5.75 Å². The Balaban J connectivity index is 2.44. The summed E-state index contributed by atoms with van der Waals surface area (Å²) in [5, 5.41) is 10.1. The zero-order valence-corrected chi connectivity index (χ0v) is 13.1. The molecule has 3 nitrogen and oxygen atoms in total. The van der Waals surface area contributed by atoms with E-state index < -0.39 is 6.10 Å². The van der Waals surface area contributed by atoms with Gasteiger partial charge in [-0.1, -0.05) is 25.1 Å². The van der Waals surface area contributed by atoms with E-state index in [9.17, 15) is 5.11 Å². The maximum Gasteiger partial charge on any atom is 0.126 e. The molecule has 0 radical (unpaired) electrons. The van der Waals surface area contributed by atoms with Crippen molar-refractivity contribution in [2.75, 3.05) is 19.1 Å². The summed E-state index contributed by atoms with van der Waals surface area (Å²) >= 11 is 0. The van der Waals surface area contributed by atoms with E-state index in [4.69, 9.17) is 4.74 Å². The van der Waals surface area contributed by atoms with Gasteiger partial charge >= 0.3 is 0 Å². The first-order valence-corrected chi connectivity index (χ1v) is 7.26. The second kappa shape index (κ2) is 6.64. The molecule has 0 amide bonds. The largest absolute Gasteiger partial charge is 0.496 e. The number of hydrogen-bond donors (Lipinski definition) is 1. The van der Waals surface area contributed by atoms with Gasteiger partial charge in [-0.25, -0.2) is 0 Å². The molecule has 2 rings (SSSR count). The maximum atomic E-state index is 10.1. The molecule has 0 fully saturated rings. The Bertz CT molecular complexity index is 591. The van der Waals surface area contributed by atoms with Crippen LogP contribution >= 0.6 is 0 Å². The Morgan fingerprint density at radius 1 is 1.14 bits per heavy atom. The van der Waals surface area contributed by atoms with Gasteiger partial charge < -0.3 is 14.7 Å². The van der Waals surface area contributed by atoms with Crippen LogP contribution in [0.3, 0.4) is 0 Å². The predicted molar refractivity (Wildman–Crippen MR) is 87.5 cm³/mol. The summed E-state index contributed by atoms with van der Waals surface area (Å²) in [6, 6.07) is 14.3. The summed E-state index contributed by atoms with van der Waals surface area (Å²) in [5.41, 5.74) is 4.16. The first-order chi connectivity index (χ1) is 10.1. The number of benzene rings is 2. The van der Waals surface area contributed by atoms with Crippen LogP contribution in [0.2, 0.25) is 0 Å². The zero-order valence-electron chi connectivity index (χ0n) is 13.1. The van der Waals surface area contributed by atoms with Crippen molar-refractivity contribution >= 4 is 11.4 Å². The first-order valence-electron chi connectivity index (χ1n) is 7.26. The summed E-state index contributed by atoms with van der Waals surface area (Å²) in [6.45, 7) is 3.90. The van der Waals surface area contributed by atoms with Gasteiger partial charge in [0.1, 0.15) is 5.75 Å². The van der Waals surface area contributed by atoms with Crippen molar-refractivity contribution in [2.45, 2.75) is 26.4 Å². The monoisotopic (exact) mass is 285 g/mol. The summed E-state index contributed by atoms with van der Waals surface area (Å²) in [6.07, 6.45) is 0.441. The Labute approximate surface area is 126 Å². The van der Waals surface area contributed by atoms with Crippen molar-refractivity contribution in [2.24, 2.45) is 0 Å². The number of rotatable bonds is 5. The van der Waals surface area contributed by atoms with Gasteiger partial charge in [-0.05, 0) is 43.2 Å². The molecule has 0 unspecified atom stereocenters. The van der Waals surface area contributed by atoms with Crippen LogP contribution in [0.15, 0.2) is 42.5 Å². The van der Waals surface area contributed by atoms with Crippen molar-refractivity contribution in [3.05, 3.63) is 53.6 Å². The number of hydrogen-bond acceptors (Lipinski definition) is 3. The SMILES string of the molecule is CCc1ccc(N(C)c2cccc(OC)c2[C@H](C)O)cc1. The van der Waals surface area contributed by atoms with Crippen molar-refractivity contribution in [3.63, 3.8) is 0 Å². The molecule has 21 heavy (non-hydrogen) atoms. The third-order valence-corrected chi connectivity index (χ3v) is 3.77. The van der Waals surface area contributed by atoms with Crippen molar-refractivity contribution in [3.8, 4) is 5.75 Å². The van der Waals surface area contributed by atoms with Crippen molar-refractivity contribution in [1.29, 1.82) is 0 Å². The van der Waals surface area contributed by atoms with Gasteiger partial charge in [0, 0.05) is 18.3 Å². The predicted octanol–water partition coefficient (Wildman–Crippen LogP) is 4.08. The van der Waals surface area contributed by atoms with E-state index in [2.05, 4.69) is 36.1 Å². The highest BCUT2D eigenvalue weighted by Crippen LogP contribution is 2.36. The van der Waals surface area contributed by atoms with Gasteiger partial charge in [0.05, 0.1) is 18.9 Å². The molecular formula is C18H23NO2. The summed E-state index contributed by atoms with van der Waals surface area (Å²) in [4.78, 5) is 2.07. The van der Waals surface area contributed by atoms with Crippen molar-refractivity contribution in [1.82, 2.24) is 0 Å².